The van der Waals surface area contributed by atoms with Gasteiger partial charge in [-0.2, -0.15) is 0 Å². The second kappa shape index (κ2) is 8.71. The van der Waals surface area contributed by atoms with E-state index in [2.05, 4.69) is 10.3 Å². The van der Waals surface area contributed by atoms with Gasteiger partial charge in [-0.25, -0.2) is 0 Å². The number of hydrogen-bond acceptors (Lipinski definition) is 5. The zero-order valence-corrected chi connectivity index (χ0v) is 15.2. The lowest BCUT2D eigenvalue weighted by Gasteiger charge is -2.32. The summed E-state index contributed by atoms with van der Waals surface area (Å²) in [5.74, 6) is -0.108. The van der Waals surface area contributed by atoms with Crippen molar-refractivity contribution in [2.45, 2.75) is 31.7 Å². The van der Waals surface area contributed by atoms with Gasteiger partial charge in [-0.05, 0) is 36.4 Å². The van der Waals surface area contributed by atoms with Crippen molar-refractivity contribution in [3.05, 3.63) is 52.5 Å². The predicted octanol–water partition coefficient (Wildman–Crippen LogP) is 2.53. The fraction of sp³-hybridized carbons (Fsp3) is 0.368. The monoisotopic (exact) mass is 371 g/mol. The number of carbonyl (C=O) groups excluding carboxylic acids is 3. The molecule has 0 atom stereocenters. The third-order valence-corrected chi connectivity index (χ3v) is 5.38. The number of likely N-dealkylation sites (tertiary alicyclic amines) is 1. The molecular formula is C19H21N3O3S. The molecule has 0 aromatic carbocycles. The maximum atomic E-state index is 12.3. The van der Waals surface area contributed by atoms with E-state index in [4.69, 9.17) is 0 Å². The number of pyridine rings is 1. The molecule has 1 saturated heterocycles. The number of carbonyl (C=O) groups is 3. The Hall–Kier alpha value is -2.54. The summed E-state index contributed by atoms with van der Waals surface area (Å²) < 4.78 is 0. The van der Waals surface area contributed by atoms with Crippen LogP contribution in [0.2, 0.25) is 0 Å². The Bertz CT molecular complexity index is 754. The Kier molecular flexibility index (Phi) is 6.12. The third-order valence-electron chi connectivity index (χ3n) is 4.47. The van der Waals surface area contributed by atoms with Crippen LogP contribution in [0.15, 0.2) is 42.0 Å². The van der Waals surface area contributed by atoms with Crippen LogP contribution in [-0.2, 0) is 4.79 Å². The van der Waals surface area contributed by atoms with E-state index in [1.807, 2.05) is 11.4 Å². The topological polar surface area (TPSA) is 79.4 Å². The smallest absolute Gasteiger partial charge is 0.253 e. The molecule has 1 aliphatic heterocycles. The molecule has 26 heavy (non-hydrogen) atoms. The standard InChI is InChI=1S/C19H21N3O3S/c23-16(17-4-2-12-26-17)5-6-18(24)22-10-7-15(8-11-22)21-19(25)14-3-1-9-20-13-14/h1-4,9,12-13,15H,5-8,10-11H2,(H,21,25). The van der Waals surface area contributed by atoms with Gasteiger partial charge in [0.15, 0.2) is 5.78 Å². The van der Waals surface area contributed by atoms with Crippen LogP contribution in [0, 0.1) is 0 Å². The second-order valence-corrected chi connectivity index (χ2v) is 7.22. The van der Waals surface area contributed by atoms with E-state index in [1.54, 1.807) is 35.5 Å². The van der Waals surface area contributed by atoms with Crippen molar-refractivity contribution in [2.75, 3.05) is 13.1 Å². The number of aromatic nitrogens is 1. The Morgan fingerprint density at radius 1 is 1.15 bits per heavy atom. The summed E-state index contributed by atoms with van der Waals surface area (Å²) in [4.78, 5) is 42.9. The van der Waals surface area contributed by atoms with Crippen molar-refractivity contribution in [2.24, 2.45) is 0 Å². The molecular weight excluding hydrogens is 350 g/mol. The van der Waals surface area contributed by atoms with Gasteiger partial charge in [0.25, 0.3) is 5.91 Å². The summed E-state index contributed by atoms with van der Waals surface area (Å²) in [6.45, 7) is 1.20. The molecule has 2 amide bonds. The first-order valence-electron chi connectivity index (χ1n) is 8.69. The normalized spacial score (nSPS) is 14.8. The Labute approximate surface area is 156 Å². The summed E-state index contributed by atoms with van der Waals surface area (Å²) in [6.07, 6.45) is 5.09. The van der Waals surface area contributed by atoms with Crippen molar-refractivity contribution in [1.29, 1.82) is 0 Å². The minimum Gasteiger partial charge on any atom is -0.349 e. The van der Waals surface area contributed by atoms with Crippen LogP contribution in [0.3, 0.4) is 0 Å². The van der Waals surface area contributed by atoms with E-state index >= 15 is 0 Å². The first kappa shape index (κ1) is 18.3. The van der Waals surface area contributed by atoms with Gasteiger partial charge in [-0.15, -0.1) is 11.3 Å². The van der Waals surface area contributed by atoms with Crippen LogP contribution in [0.5, 0.6) is 0 Å². The first-order valence-corrected chi connectivity index (χ1v) is 9.57. The molecule has 0 aliphatic carbocycles. The van der Waals surface area contributed by atoms with Gasteiger partial charge >= 0.3 is 0 Å². The lowest BCUT2D eigenvalue weighted by molar-refractivity contribution is -0.132. The number of nitrogens with one attached hydrogen (secondary N) is 1. The summed E-state index contributed by atoms with van der Waals surface area (Å²) in [6, 6.07) is 7.14. The number of nitrogens with zero attached hydrogens (tertiary/aromatic N) is 2. The molecule has 0 saturated carbocycles. The van der Waals surface area contributed by atoms with Gasteiger partial charge in [0.05, 0.1) is 10.4 Å². The highest BCUT2D eigenvalue weighted by Crippen LogP contribution is 2.16. The van der Waals surface area contributed by atoms with E-state index in [1.165, 1.54) is 11.3 Å². The Balaban J connectivity index is 1.41. The molecule has 2 aromatic rings. The lowest BCUT2D eigenvalue weighted by Crippen LogP contribution is -2.46. The minimum atomic E-state index is -0.135. The largest absolute Gasteiger partial charge is 0.349 e. The molecule has 0 radical (unpaired) electrons. The highest BCUT2D eigenvalue weighted by Gasteiger charge is 2.24. The molecule has 1 N–H and O–H groups in total. The maximum absolute atomic E-state index is 12.3. The number of Topliss-reactive ketones (excluding diaryl/α,β-unsaturated/α-hetero) is 1. The van der Waals surface area contributed by atoms with Crippen LogP contribution in [0.1, 0.15) is 45.7 Å². The van der Waals surface area contributed by atoms with Gasteiger partial charge in [-0.3, -0.25) is 19.4 Å². The van der Waals surface area contributed by atoms with Crippen molar-refractivity contribution in [3.63, 3.8) is 0 Å². The van der Waals surface area contributed by atoms with E-state index in [-0.39, 0.29) is 36.5 Å². The van der Waals surface area contributed by atoms with Gasteiger partial charge in [0, 0.05) is 44.4 Å². The van der Waals surface area contributed by atoms with E-state index < -0.39 is 0 Å². The van der Waals surface area contributed by atoms with Crippen LogP contribution in [0.25, 0.3) is 0 Å². The molecule has 0 unspecified atom stereocenters. The highest BCUT2D eigenvalue weighted by molar-refractivity contribution is 7.12. The molecule has 1 fully saturated rings. The van der Waals surface area contributed by atoms with E-state index in [0.717, 1.165) is 12.8 Å². The fourth-order valence-corrected chi connectivity index (χ4v) is 3.67. The summed E-state index contributed by atoms with van der Waals surface area (Å²) >= 11 is 1.40. The molecule has 3 heterocycles. The average molecular weight is 371 g/mol. The Morgan fingerprint density at radius 3 is 2.62 bits per heavy atom. The molecule has 7 heteroatoms. The molecule has 3 rings (SSSR count). The summed E-state index contributed by atoms with van der Waals surface area (Å²) in [7, 11) is 0. The highest BCUT2D eigenvalue weighted by atomic mass is 32.1. The van der Waals surface area contributed by atoms with Crippen LogP contribution in [-0.4, -0.2) is 46.6 Å². The van der Waals surface area contributed by atoms with Gasteiger partial charge in [0.2, 0.25) is 5.91 Å². The number of amides is 2. The molecule has 0 bridgehead atoms. The maximum Gasteiger partial charge on any atom is 0.253 e. The lowest BCUT2D eigenvalue weighted by atomic mass is 10.0. The zero-order valence-electron chi connectivity index (χ0n) is 14.4. The zero-order chi connectivity index (χ0) is 18.4. The molecule has 0 spiro atoms. The number of hydrogen-bond donors (Lipinski definition) is 1. The van der Waals surface area contributed by atoms with Crippen molar-refractivity contribution >= 4 is 28.9 Å². The first-order chi connectivity index (χ1) is 12.6. The molecule has 2 aromatic heterocycles. The number of thiophene rings is 1. The Morgan fingerprint density at radius 2 is 1.96 bits per heavy atom. The minimum absolute atomic E-state index is 0.00643. The number of piperidine rings is 1. The molecule has 136 valence electrons. The number of ketones is 1. The van der Waals surface area contributed by atoms with Crippen molar-refractivity contribution in [1.82, 2.24) is 15.2 Å². The van der Waals surface area contributed by atoms with Gasteiger partial charge in [-0.1, -0.05) is 6.07 Å². The predicted molar refractivity (Wildman–Crippen MR) is 99.2 cm³/mol. The van der Waals surface area contributed by atoms with Crippen molar-refractivity contribution in [3.8, 4) is 0 Å². The SMILES string of the molecule is O=C(NC1CCN(C(=O)CCC(=O)c2cccs2)CC1)c1cccnc1. The van der Waals surface area contributed by atoms with Crippen LogP contribution >= 0.6 is 11.3 Å². The fourth-order valence-electron chi connectivity index (χ4n) is 2.98. The van der Waals surface area contributed by atoms with Crippen LogP contribution < -0.4 is 5.32 Å². The molecule has 1 aliphatic rings. The van der Waals surface area contributed by atoms with Gasteiger partial charge < -0.3 is 10.2 Å². The van der Waals surface area contributed by atoms with Crippen LogP contribution in [0.4, 0.5) is 0 Å². The van der Waals surface area contributed by atoms with E-state index in [0.29, 0.717) is 23.5 Å². The van der Waals surface area contributed by atoms with E-state index in [9.17, 15) is 14.4 Å². The van der Waals surface area contributed by atoms with Crippen molar-refractivity contribution < 1.29 is 14.4 Å². The van der Waals surface area contributed by atoms with Gasteiger partial charge in [0.1, 0.15) is 0 Å². The third kappa shape index (κ3) is 4.76. The average Bonchev–Trinajstić information content (AvgIpc) is 3.22. The second-order valence-electron chi connectivity index (χ2n) is 6.27. The molecule has 6 nitrogen and oxygen atoms in total. The summed E-state index contributed by atoms with van der Waals surface area (Å²) in [5.41, 5.74) is 0.540. The quantitative estimate of drug-likeness (QED) is 0.792. The summed E-state index contributed by atoms with van der Waals surface area (Å²) in [5, 5.41) is 4.85. The number of rotatable bonds is 6.